The second kappa shape index (κ2) is 8.46. The van der Waals surface area contributed by atoms with Gasteiger partial charge in [0, 0.05) is 6.54 Å². The van der Waals surface area contributed by atoms with Gasteiger partial charge in [0.2, 0.25) is 6.79 Å². The predicted molar refractivity (Wildman–Crippen MR) is 119 cm³/mol. The van der Waals surface area contributed by atoms with Crippen LogP contribution in [0.5, 0.6) is 23.0 Å². The molecule has 0 unspecified atom stereocenters. The number of hydrogen-bond donors (Lipinski definition) is 1. The summed E-state index contributed by atoms with van der Waals surface area (Å²) in [6.07, 6.45) is 2.46. The third-order valence-electron chi connectivity index (χ3n) is 5.12. The van der Waals surface area contributed by atoms with Gasteiger partial charge in [-0.05, 0) is 54.1 Å². The number of methoxy groups -OCH3 is 2. The Hall–Kier alpha value is -3.66. The largest absolute Gasteiger partial charge is 0.497 e. The number of nitrogens with zero attached hydrogens (tertiary/aromatic N) is 4. The van der Waals surface area contributed by atoms with E-state index in [0.29, 0.717) is 34.8 Å². The van der Waals surface area contributed by atoms with Gasteiger partial charge in [0.1, 0.15) is 11.5 Å². The Bertz CT molecular complexity index is 1250. The molecular weight excluding hydrogens is 430 g/mol. The van der Waals surface area contributed by atoms with Gasteiger partial charge in [0.25, 0.3) is 0 Å². The van der Waals surface area contributed by atoms with E-state index in [9.17, 15) is 0 Å². The molecule has 0 aromatic heterocycles. The maximum absolute atomic E-state index is 6.09. The van der Waals surface area contributed by atoms with E-state index in [1.54, 1.807) is 20.5 Å². The maximum Gasteiger partial charge on any atom is 0.231 e. The highest BCUT2D eigenvalue weighted by molar-refractivity contribution is 7.99. The lowest BCUT2D eigenvalue weighted by atomic mass is 10.1. The lowest BCUT2D eigenvalue weighted by Gasteiger charge is -2.11. The Balaban J connectivity index is 1.41. The summed E-state index contributed by atoms with van der Waals surface area (Å²) in [4.78, 5) is 14.5. The lowest BCUT2D eigenvalue weighted by molar-refractivity contribution is 0.174. The Morgan fingerprint density at radius 3 is 2.78 bits per heavy atom. The number of rotatable bonds is 7. The zero-order valence-corrected chi connectivity index (χ0v) is 18.4. The van der Waals surface area contributed by atoms with Crippen molar-refractivity contribution in [3.8, 4) is 34.5 Å². The summed E-state index contributed by atoms with van der Waals surface area (Å²) in [6, 6.07) is 11.5. The van der Waals surface area contributed by atoms with Crippen molar-refractivity contribution in [3.63, 3.8) is 0 Å². The summed E-state index contributed by atoms with van der Waals surface area (Å²) < 4.78 is 23.6. The first-order valence-electron chi connectivity index (χ1n) is 9.91. The number of benzene rings is 2. The number of ether oxygens (including phenoxy) is 4. The van der Waals surface area contributed by atoms with Crippen LogP contribution < -0.4 is 24.7 Å². The van der Waals surface area contributed by atoms with E-state index >= 15 is 0 Å². The van der Waals surface area contributed by atoms with E-state index in [1.807, 2.05) is 41.0 Å². The summed E-state index contributed by atoms with van der Waals surface area (Å²) in [5.41, 5.74) is 7.79. The molecule has 2 aromatic rings. The molecule has 0 atom stereocenters. The first kappa shape index (κ1) is 20.3. The number of aryl methyl sites for hydroxylation is 2. The van der Waals surface area contributed by atoms with Crippen LogP contribution in [0.4, 0.5) is 5.82 Å². The van der Waals surface area contributed by atoms with E-state index in [-0.39, 0.29) is 6.79 Å². The molecule has 2 N–H and O–H groups in total. The van der Waals surface area contributed by atoms with Crippen LogP contribution in [0.25, 0.3) is 11.5 Å². The standard InChI is InChI=1S/C22H21N5O4S/c1-28-14-4-6-16(29-2)18(10-14)32-22-25-19-20(23)24-11-27(21(19)26-22)8-7-13-3-5-15-17(9-13)31-12-30-15/h3-6,9-11H,7-8,12,23H2,1-2H3. The van der Waals surface area contributed by atoms with Crippen LogP contribution in [0.15, 0.2) is 52.8 Å². The number of hydrogen-bond acceptors (Lipinski definition) is 9. The van der Waals surface area contributed by atoms with Gasteiger partial charge in [-0.25, -0.2) is 15.0 Å². The van der Waals surface area contributed by atoms with Gasteiger partial charge in [-0.1, -0.05) is 6.07 Å². The summed E-state index contributed by atoms with van der Waals surface area (Å²) in [6.45, 7) is 0.923. The van der Waals surface area contributed by atoms with Crippen LogP contribution >= 0.6 is 11.8 Å². The zero-order chi connectivity index (χ0) is 22.1. The van der Waals surface area contributed by atoms with Crippen molar-refractivity contribution in [3.05, 3.63) is 48.3 Å². The van der Waals surface area contributed by atoms with Crippen LogP contribution in [-0.4, -0.2) is 40.5 Å². The van der Waals surface area contributed by atoms with Crippen molar-refractivity contribution in [2.75, 3.05) is 26.7 Å². The molecule has 32 heavy (non-hydrogen) atoms. The van der Waals surface area contributed by atoms with Crippen LogP contribution in [-0.2, 0) is 13.0 Å². The molecule has 0 saturated carbocycles. The monoisotopic (exact) mass is 451 g/mol. The third-order valence-corrected chi connectivity index (χ3v) is 6.03. The topological polar surface area (TPSA) is 107 Å². The van der Waals surface area contributed by atoms with E-state index in [1.165, 1.54) is 11.8 Å². The maximum atomic E-state index is 6.09. The van der Waals surface area contributed by atoms with Gasteiger partial charge in [-0.2, -0.15) is 0 Å². The molecule has 3 heterocycles. The van der Waals surface area contributed by atoms with Crippen LogP contribution in [0.2, 0.25) is 0 Å². The fourth-order valence-electron chi connectivity index (χ4n) is 3.45. The highest BCUT2D eigenvalue weighted by Crippen LogP contribution is 2.38. The highest BCUT2D eigenvalue weighted by Gasteiger charge is 2.21. The van der Waals surface area contributed by atoms with Crippen molar-refractivity contribution in [1.29, 1.82) is 0 Å². The molecule has 164 valence electrons. The van der Waals surface area contributed by atoms with Crippen molar-refractivity contribution in [1.82, 2.24) is 19.5 Å². The average molecular weight is 452 g/mol. The first-order valence-corrected chi connectivity index (χ1v) is 10.7. The quantitative estimate of drug-likeness (QED) is 0.452. The SMILES string of the molecule is COc1ccc(OC)c(Sc2nc3c(N)ncn(CCc4ccc5c(c4)OCO5)c-3n2)c1. The molecule has 9 nitrogen and oxygen atoms in total. The van der Waals surface area contributed by atoms with Gasteiger partial charge >= 0.3 is 0 Å². The minimum Gasteiger partial charge on any atom is -0.497 e. The van der Waals surface area contributed by atoms with Gasteiger partial charge in [0.15, 0.2) is 34.0 Å². The van der Waals surface area contributed by atoms with Crippen molar-refractivity contribution < 1.29 is 18.9 Å². The number of nitrogen functional groups attached to an aromatic ring is 1. The van der Waals surface area contributed by atoms with Crippen LogP contribution in [0.1, 0.15) is 5.56 Å². The number of nitrogens with two attached hydrogens (primary N) is 1. The molecule has 10 heteroatoms. The molecular formula is C22H21N5O4S. The second-order valence-electron chi connectivity index (χ2n) is 7.06. The Kier molecular flexibility index (Phi) is 5.36. The minimum atomic E-state index is 0.262. The summed E-state index contributed by atoms with van der Waals surface area (Å²) >= 11 is 1.39. The van der Waals surface area contributed by atoms with Crippen molar-refractivity contribution in [2.45, 2.75) is 23.0 Å². The number of anilines is 1. The van der Waals surface area contributed by atoms with E-state index in [0.717, 1.165) is 34.1 Å². The number of fused-ring (bicyclic) bond motifs is 2. The Labute approximate surface area is 188 Å². The molecule has 0 aliphatic carbocycles. The number of imidazole rings is 1. The van der Waals surface area contributed by atoms with E-state index < -0.39 is 0 Å². The first-order chi connectivity index (χ1) is 15.6. The summed E-state index contributed by atoms with van der Waals surface area (Å²) in [5, 5.41) is 0.558. The summed E-state index contributed by atoms with van der Waals surface area (Å²) in [7, 11) is 3.25. The Morgan fingerprint density at radius 2 is 1.94 bits per heavy atom. The smallest absolute Gasteiger partial charge is 0.231 e. The van der Waals surface area contributed by atoms with Crippen molar-refractivity contribution in [2.24, 2.45) is 0 Å². The molecule has 0 amide bonds. The summed E-state index contributed by atoms with van der Waals surface area (Å²) in [5.74, 6) is 4.01. The van der Waals surface area contributed by atoms with Gasteiger partial charge < -0.3 is 29.2 Å². The molecule has 0 bridgehead atoms. The van der Waals surface area contributed by atoms with Crippen LogP contribution in [0, 0.1) is 0 Å². The average Bonchev–Trinajstić information content (AvgIpc) is 3.45. The van der Waals surface area contributed by atoms with Crippen molar-refractivity contribution >= 4 is 17.6 Å². The molecule has 0 fully saturated rings. The Morgan fingerprint density at radius 1 is 1.06 bits per heavy atom. The second-order valence-corrected chi connectivity index (χ2v) is 8.07. The zero-order valence-electron chi connectivity index (χ0n) is 17.6. The van der Waals surface area contributed by atoms with Crippen LogP contribution in [0.3, 0.4) is 0 Å². The molecule has 2 aromatic carbocycles. The molecule has 3 aliphatic heterocycles. The minimum absolute atomic E-state index is 0.262. The molecule has 0 saturated heterocycles. The normalized spacial score (nSPS) is 12.3. The molecule has 0 radical (unpaired) electrons. The fourth-order valence-corrected chi connectivity index (χ4v) is 4.34. The van der Waals surface area contributed by atoms with Gasteiger partial charge in [0.05, 0.1) is 25.4 Å². The molecule has 0 spiro atoms. The van der Waals surface area contributed by atoms with E-state index in [4.69, 9.17) is 29.7 Å². The molecule has 5 rings (SSSR count). The van der Waals surface area contributed by atoms with Gasteiger partial charge in [-0.3, -0.25) is 0 Å². The lowest BCUT2D eigenvalue weighted by Crippen LogP contribution is -2.10. The highest BCUT2D eigenvalue weighted by atomic mass is 32.2. The van der Waals surface area contributed by atoms with E-state index in [2.05, 4.69) is 9.97 Å². The fraction of sp³-hybridized carbons (Fsp3) is 0.227. The number of aromatic nitrogens is 4. The third kappa shape index (κ3) is 3.84. The predicted octanol–water partition coefficient (Wildman–Crippen LogP) is 3.50. The molecule has 3 aliphatic rings. The van der Waals surface area contributed by atoms with Gasteiger partial charge in [-0.15, -0.1) is 0 Å².